The standard InChI is InChI=1S/C23H19Cl2N3O3/c24-17-6-2-15(3-7-17)20-19(21(29)16-4-8-18(25)9-5-16)22(30)23(31)28(20)12-1-11-27-13-10-26-14-27/h2-10,13-14,20,29H,1,11-12H2/t20-/m0/s1. The van der Waals surface area contributed by atoms with Gasteiger partial charge in [0.15, 0.2) is 0 Å². The summed E-state index contributed by atoms with van der Waals surface area (Å²) in [5.74, 6) is -1.58. The van der Waals surface area contributed by atoms with Gasteiger partial charge in [-0.15, -0.1) is 0 Å². The third-order valence-electron chi connectivity index (χ3n) is 5.22. The maximum Gasteiger partial charge on any atom is 0.295 e. The number of ketones is 1. The Morgan fingerprint density at radius 1 is 0.968 bits per heavy atom. The molecule has 0 radical (unpaired) electrons. The van der Waals surface area contributed by atoms with Crippen LogP contribution in [-0.2, 0) is 16.1 Å². The zero-order chi connectivity index (χ0) is 22.0. The van der Waals surface area contributed by atoms with E-state index in [-0.39, 0.29) is 11.3 Å². The van der Waals surface area contributed by atoms with Crippen molar-refractivity contribution >= 4 is 40.7 Å². The van der Waals surface area contributed by atoms with E-state index in [0.717, 1.165) is 0 Å². The lowest BCUT2D eigenvalue weighted by molar-refractivity contribution is -0.139. The number of Topliss-reactive ketones (excluding diaryl/α,β-unsaturated/α-hetero) is 1. The predicted octanol–water partition coefficient (Wildman–Crippen LogP) is 4.70. The molecule has 1 amide bonds. The van der Waals surface area contributed by atoms with Crippen LogP contribution in [0.5, 0.6) is 0 Å². The topological polar surface area (TPSA) is 75.4 Å². The zero-order valence-electron chi connectivity index (χ0n) is 16.4. The number of amides is 1. The number of aromatic nitrogens is 2. The minimum Gasteiger partial charge on any atom is -0.507 e. The number of hydrogen-bond acceptors (Lipinski definition) is 4. The van der Waals surface area contributed by atoms with Gasteiger partial charge in [0, 0.05) is 41.1 Å². The highest BCUT2D eigenvalue weighted by Gasteiger charge is 2.45. The lowest BCUT2D eigenvalue weighted by atomic mass is 9.95. The lowest BCUT2D eigenvalue weighted by Crippen LogP contribution is -2.31. The Balaban J connectivity index is 1.72. The van der Waals surface area contributed by atoms with Gasteiger partial charge in [-0.3, -0.25) is 9.59 Å². The Bertz CT molecular complexity index is 1120. The average molecular weight is 456 g/mol. The van der Waals surface area contributed by atoms with Crippen LogP contribution >= 0.6 is 23.2 Å². The Hall–Kier alpha value is -3.09. The summed E-state index contributed by atoms with van der Waals surface area (Å²) in [6, 6.07) is 12.7. The molecule has 0 bridgehead atoms. The van der Waals surface area contributed by atoms with Crippen LogP contribution in [-0.4, -0.2) is 37.8 Å². The van der Waals surface area contributed by atoms with E-state index in [2.05, 4.69) is 4.98 Å². The molecule has 1 aliphatic rings. The first-order chi connectivity index (χ1) is 15.0. The first-order valence-electron chi connectivity index (χ1n) is 9.71. The quantitative estimate of drug-likeness (QED) is 0.332. The molecule has 158 valence electrons. The molecule has 8 heteroatoms. The fourth-order valence-corrected chi connectivity index (χ4v) is 3.96. The normalized spacial score (nSPS) is 18.0. The molecule has 1 aliphatic heterocycles. The Labute approximate surface area is 189 Å². The fraction of sp³-hybridized carbons (Fsp3) is 0.174. The molecule has 6 nitrogen and oxygen atoms in total. The summed E-state index contributed by atoms with van der Waals surface area (Å²) in [4.78, 5) is 31.4. The maximum atomic E-state index is 13.0. The van der Waals surface area contributed by atoms with E-state index in [1.807, 2.05) is 10.8 Å². The van der Waals surface area contributed by atoms with Gasteiger partial charge in [-0.25, -0.2) is 4.98 Å². The summed E-state index contributed by atoms with van der Waals surface area (Å²) in [5.41, 5.74) is 1.17. The molecule has 3 aromatic rings. The van der Waals surface area contributed by atoms with Crippen molar-refractivity contribution < 1.29 is 14.7 Å². The molecule has 1 aromatic heterocycles. The Morgan fingerprint density at radius 2 is 1.61 bits per heavy atom. The van der Waals surface area contributed by atoms with Crippen LogP contribution in [0.3, 0.4) is 0 Å². The van der Waals surface area contributed by atoms with Gasteiger partial charge in [-0.05, 0) is 48.4 Å². The molecule has 0 saturated carbocycles. The summed E-state index contributed by atoms with van der Waals surface area (Å²) in [6.07, 6.45) is 5.84. The molecule has 1 N–H and O–H groups in total. The highest BCUT2D eigenvalue weighted by molar-refractivity contribution is 6.46. The van der Waals surface area contributed by atoms with Gasteiger partial charge in [0.05, 0.1) is 17.9 Å². The van der Waals surface area contributed by atoms with Gasteiger partial charge in [-0.1, -0.05) is 35.3 Å². The molecule has 4 rings (SSSR count). The van der Waals surface area contributed by atoms with Gasteiger partial charge in [0.25, 0.3) is 11.7 Å². The third kappa shape index (κ3) is 4.36. The SMILES string of the molecule is O=C1C(=O)N(CCCn2ccnc2)[C@@H](c2ccc(Cl)cc2)C1=C(O)c1ccc(Cl)cc1. The van der Waals surface area contributed by atoms with Crippen LogP contribution in [0.15, 0.2) is 72.8 Å². The number of carbonyl (C=O) groups is 2. The number of rotatable bonds is 6. The van der Waals surface area contributed by atoms with Crippen molar-refractivity contribution in [1.82, 2.24) is 14.5 Å². The molecule has 1 saturated heterocycles. The number of aryl methyl sites for hydroxylation is 1. The van der Waals surface area contributed by atoms with E-state index in [9.17, 15) is 14.7 Å². The molecule has 0 aliphatic carbocycles. The summed E-state index contributed by atoms with van der Waals surface area (Å²) >= 11 is 12.0. The average Bonchev–Trinajstić information content (AvgIpc) is 3.37. The highest BCUT2D eigenvalue weighted by Crippen LogP contribution is 2.39. The van der Waals surface area contributed by atoms with E-state index in [1.54, 1.807) is 61.1 Å². The molecule has 31 heavy (non-hydrogen) atoms. The molecule has 2 heterocycles. The van der Waals surface area contributed by atoms with E-state index in [0.29, 0.717) is 40.7 Å². The number of aliphatic hydroxyl groups excluding tert-OH is 1. The third-order valence-corrected chi connectivity index (χ3v) is 5.72. The first kappa shape index (κ1) is 21.2. The summed E-state index contributed by atoms with van der Waals surface area (Å²) in [6.45, 7) is 0.987. The van der Waals surface area contributed by atoms with Crippen molar-refractivity contribution in [1.29, 1.82) is 0 Å². The first-order valence-corrected chi connectivity index (χ1v) is 10.5. The molecule has 0 spiro atoms. The highest BCUT2D eigenvalue weighted by atomic mass is 35.5. The van der Waals surface area contributed by atoms with Crippen LogP contribution in [0.4, 0.5) is 0 Å². The predicted molar refractivity (Wildman–Crippen MR) is 119 cm³/mol. The summed E-state index contributed by atoms with van der Waals surface area (Å²) in [5, 5.41) is 12.0. The van der Waals surface area contributed by atoms with E-state index in [4.69, 9.17) is 23.2 Å². The summed E-state index contributed by atoms with van der Waals surface area (Å²) < 4.78 is 1.90. The minimum atomic E-state index is -0.713. The maximum absolute atomic E-state index is 13.0. The van der Waals surface area contributed by atoms with Crippen LogP contribution in [0.2, 0.25) is 10.0 Å². The van der Waals surface area contributed by atoms with Crippen molar-refractivity contribution in [3.8, 4) is 0 Å². The number of likely N-dealkylation sites (tertiary alicyclic amines) is 1. The second kappa shape index (κ2) is 8.96. The largest absolute Gasteiger partial charge is 0.507 e. The molecule has 2 aromatic carbocycles. The molecule has 0 unspecified atom stereocenters. The smallest absolute Gasteiger partial charge is 0.295 e. The Morgan fingerprint density at radius 3 is 2.23 bits per heavy atom. The molecule has 1 atom stereocenters. The zero-order valence-corrected chi connectivity index (χ0v) is 17.9. The van der Waals surface area contributed by atoms with Gasteiger partial charge in [0.1, 0.15) is 5.76 Å². The second-order valence-electron chi connectivity index (χ2n) is 7.20. The van der Waals surface area contributed by atoms with Crippen molar-refractivity contribution in [2.75, 3.05) is 6.54 Å². The number of hydrogen-bond donors (Lipinski definition) is 1. The number of halogens is 2. The number of aliphatic hydroxyl groups is 1. The second-order valence-corrected chi connectivity index (χ2v) is 8.08. The number of benzene rings is 2. The van der Waals surface area contributed by atoms with Crippen LogP contribution in [0.25, 0.3) is 5.76 Å². The van der Waals surface area contributed by atoms with E-state index >= 15 is 0 Å². The van der Waals surface area contributed by atoms with Crippen LogP contribution in [0.1, 0.15) is 23.6 Å². The van der Waals surface area contributed by atoms with E-state index in [1.165, 1.54) is 4.90 Å². The van der Waals surface area contributed by atoms with Crippen molar-refractivity contribution in [2.24, 2.45) is 0 Å². The monoisotopic (exact) mass is 455 g/mol. The van der Waals surface area contributed by atoms with Gasteiger partial charge in [-0.2, -0.15) is 0 Å². The van der Waals surface area contributed by atoms with Crippen molar-refractivity contribution in [2.45, 2.75) is 19.0 Å². The number of imidazole rings is 1. The van der Waals surface area contributed by atoms with Gasteiger partial charge >= 0.3 is 0 Å². The Kier molecular flexibility index (Phi) is 6.11. The number of carbonyl (C=O) groups excluding carboxylic acids is 2. The van der Waals surface area contributed by atoms with Crippen molar-refractivity contribution in [3.63, 3.8) is 0 Å². The molecular weight excluding hydrogens is 437 g/mol. The van der Waals surface area contributed by atoms with Crippen LogP contribution in [0, 0.1) is 0 Å². The minimum absolute atomic E-state index is 0.0530. The van der Waals surface area contributed by atoms with Gasteiger partial charge in [0.2, 0.25) is 0 Å². The molecule has 1 fully saturated rings. The number of nitrogens with zero attached hydrogens (tertiary/aromatic N) is 3. The summed E-state index contributed by atoms with van der Waals surface area (Å²) in [7, 11) is 0. The fourth-order valence-electron chi connectivity index (χ4n) is 3.71. The van der Waals surface area contributed by atoms with Crippen LogP contribution < -0.4 is 0 Å². The van der Waals surface area contributed by atoms with Crippen molar-refractivity contribution in [3.05, 3.63) is 94.0 Å². The van der Waals surface area contributed by atoms with Gasteiger partial charge < -0.3 is 14.6 Å². The molecular formula is C23H19Cl2N3O3. The van der Waals surface area contributed by atoms with E-state index < -0.39 is 17.7 Å². The lowest BCUT2D eigenvalue weighted by Gasteiger charge is -2.25.